The van der Waals surface area contributed by atoms with Crippen LogP contribution in [0.2, 0.25) is 0 Å². The van der Waals surface area contributed by atoms with Gasteiger partial charge in [-0.2, -0.15) is 0 Å². The lowest BCUT2D eigenvalue weighted by molar-refractivity contribution is -0.119. The van der Waals surface area contributed by atoms with Crippen LogP contribution in [0.4, 0.5) is 8.78 Å². The highest BCUT2D eigenvalue weighted by Crippen LogP contribution is 2.22. The van der Waals surface area contributed by atoms with Crippen LogP contribution in [0.5, 0.6) is 0 Å². The Balaban J connectivity index is 3.21. The molecule has 0 aliphatic rings. The van der Waals surface area contributed by atoms with Crippen molar-refractivity contribution in [2.24, 2.45) is 0 Å². The maximum Gasteiger partial charge on any atom is 0.264 e. The largest absolute Gasteiger partial charge is 0.274 e. The third kappa shape index (κ3) is 3.22. The summed E-state index contributed by atoms with van der Waals surface area (Å²) in [7, 11) is -4.17. The number of carbonyl (C=O) groups excluding carboxylic acids is 1. The van der Waals surface area contributed by atoms with Gasteiger partial charge in [-0.05, 0) is 28.1 Å². The molecule has 1 aromatic carbocycles. The molecule has 1 N–H and O–H groups in total. The molecule has 0 atom stereocenters. The molecule has 1 amide bonds. The topological polar surface area (TPSA) is 63.2 Å². The fraction of sp³-hybridized carbons (Fsp3) is 0.222. The van der Waals surface area contributed by atoms with Crippen molar-refractivity contribution >= 4 is 31.9 Å². The molecular weight excluding hydrogens is 320 g/mol. The SMILES string of the molecule is CCC(=O)NS(=O)(=O)c1cc(F)c(F)c(Br)c1. The molecule has 0 aliphatic carbocycles. The lowest BCUT2D eigenvalue weighted by atomic mass is 10.3. The maximum absolute atomic E-state index is 13.0. The minimum atomic E-state index is -4.17. The Morgan fingerprint density at radius 2 is 2.00 bits per heavy atom. The number of hydrogen-bond acceptors (Lipinski definition) is 3. The normalized spacial score (nSPS) is 11.3. The summed E-state index contributed by atoms with van der Waals surface area (Å²) in [5.74, 6) is -3.24. The zero-order valence-electron chi connectivity index (χ0n) is 8.63. The van der Waals surface area contributed by atoms with Gasteiger partial charge in [-0.15, -0.1) is 0 Å². The molecule has 0 aliphatic heterocycles. The Morgan fingerprint density at radius 3 is 2.47 bits per heavy atom. The van der Waals surface area contributed by atoms with E-state index in [1.54, 1.807) is 4.72 Å². The summed E-state index contributed by atoms with van der Waals surface area (Å²) in [6.45, 7) is 1.46. The second-order valence-corrected chi connectivity index (χ2v) is 5.62. The molecule has 0 aromatic heterocycles. The first-order valence-corrected chi connectivity index (χ1v) is 6.75. The summed E-state index contributed by atoms with van der Waals surface area (Å²) in [6.07, 6.45) is -0.0376. The highest BCUT2D eigenvalue weighted by atomic mass is 79.9. The van der Waals surface area contributed by atoms with E-state index in [1.165, 1.54) is 6.92 Å². The lowest BCUT2D eigenvalue weighted by Gasteiger charge is -2.07. The van der Waals surface area contributed by atoms with E-state index in [2.05, 4.69) is 15.9 Å². The molecule has 0 saturated heterocycles. The quantitative estimate of drug-likeness (QED) is 0.863. The van der Waals surface area contributed by atoms with Crippen molar-refractivity contribution in [2.75, 3.05) is 0 Å². The van der Waals surface area contributed by atoms with Crippen LogP contribution in [0.25, 0.3) is 0 Å². The number of benzene rings is 1. The van der Waals surface area contributed by atoms with E-state index in [9.17, 15) is 22.0 Å². The van der Waals surface area contributed by atoms with E-state index in [1.807, 2.05) is 0 Å². The van der Waals surface area contributed by atoms with Gasteiger partial charge in [-0.1, -0.05) is 6.92 Å². The molecule has 1 aromatic rings. The maximum atomic E-state index is 13.0. The van der Waals surface area contributed by atoms with E-state index in [0.717, 1.165) is 6.07 Å². The van der Waals surface area contributed by atoms with Gasteiger partial charge in [0.1, 0.15) is 0 Å². The third-order valence-corrected chi connectivity index (χ3v) is 3.77. The zero-order chi connectivity index (χ0) is 13.2. The fourth-order valence-electron chi connectivity index (χ4n) is 0.968. The Labute approximate surface area is 105 Å². The first-order chi connectivity index (χ1) is 7.77. The van der Waals surface area contributed by atoms with Crippen LogP contribution in [0.1, 0.15) is 13.3 Å². The van der Waals surface area contributed by atoms with Gasteiger partial charge in [0.05, 0.1) is 9.37 Å². The van der Waals surface area contributed by atoms with Crippen molar-refractivity contribution in [3.63, 3.8) is 0 Å². The Bertz CT molecular complexity index is 536. The number of hydrogen-bond donors (Lipinski definition) is 1. The van der Waals surface area contributed by atoms with Gasteiger partial charge >= 0.3 is 0 Å². The molecule has 0 fully saturated rings. The number of nitrogens with one attached hydrogen (secondary N) is 1. The number of rotatable bonds is 3. The van der Waals surface area contributed by atoms with Crippen LogP contribution in [0.3, 0.4) is 0 Å². The van der Waals surface area contributed by atoms with Crippen LogP contribution >= 0.6 is 15.9 Å². The molecule has 4 nitrogen and oxygen atoms in total. The summed E-state index contributed by atoms with van der Waals surface area (Å²) in [5, 5.41) is 0. The monoisotopic (exact) mass is 327 g/mol. The van der Waals surface area contributed by atoms with Crippen molar-refractivity contribution in [2.45, 2.75) is 18.2 Å². The summed E-state index contributed by atoms with van der Waals surface area (Å²) < 4.78 is 50.5. The van der Waals surface area contributed by atoms with Crippen LogP contribution in [0.15, 0.2) is 21.5 Å². The number of carbonyl (C=O) groups is 1. The molecule has 0 radical (unpaired) electrons. The third-order valence-electron chi connectivity index (χ3n) is 1.84. The molecular formula is C9H8BrF2NO3S. The standard InChI is InChI=1S/C9H8BrF2NO3S/c1-2-8(14)13-17(15,16)5-3-6(10)9(12)7(11)4-5/h3-4H,2H2,1H3,(H,13,14). The molecule has 8 heteroatoms. The molecule has 0 spiro atoms. The second-order valence-electron chi connectivity index (χ2n) is 3.08. The molecule has 0 unspecified atom stereocenters. The van der Waals surface area contributed by atoms with Crippen molar-refractivity contribution in [3.05, 3.63) is 28.2 Å². The summed E-state index contributed by atoms with van der Waals surface area (Å²) >= 11 is 2.68. The Morgan fingerprint density at radius 1 is 1.41 bits per heavy atom. The highest BCUT2D eigenvalue weighted by Gasteiger charge is 2.20. The minimum Gasteiger partial charge on any atom is -0.274 e. The van der Waals surface area contributed by atoms with E-state index in [-0.39, 0.29) is 10.9 Å². The number of sulfonamides is 1. The molecule has 1 rings (SSSR count). The lowest BCUT2D eigenvalue weighted by Crippen LogP contribution is -2.29. The van der Waals surface area contributed by atoms with Crippen molar-refractivity contribution in [1.29, 1.82) is 0 Å². The van der Waals surface area contributed by atoms with E-state index in [0.29, 0.717) is 6.07 Å². The van der Waals surface area contributed by atoms with Crippen LogP contribution in [-0.2, 0) is 14.8 Å². The molecule has 0 saturated carbocycles. The van der Waals surface area contributed by atoms with E-state index < -0.39 is 32.5 Å². The van der Waals surface area contributed by atoms with Gasteiger partial charge in [0.25, 0.3) is 10.0 Å². The predicted octanol–water partition coefficient (Wildman–Crippen LogP) is 1.94. The van der Waals surface area contributed by atoms with Gasteiger partial charge < -0.3 is 0 Å². The predicted molar refractivity (Wildman–Crippen MR) is 59.7 cm³/mol. The van der Waals surface area contributed by atoms with Gasteiger partial charge in [0.15, 0.2) is 11.6 Å². The second kappa shape index (κ2) is 5.09. The smallest absolute Gasteiger partial charge is 0.264 e. The van der Waals surface area contributed by atoms with E-state index >= 15 is 0 Å². The van der Waals surface area contributed by atoms with Crippen LogP contribution in [0, 0.1) is 11.6 Å². The average molecular weight is 328 g/mol. The van der Waals surface area contributed by atoms with Crippen molar-refractivity contribution in [3.8, 4) is 0 Å². The van der Waals surface area contributed by atoms with Gasteiger partial charge in [-0.3, -0.25) is 4.79 Å². The van der Waals surface area contributed by atoms with Crippen LogP contribution < -0.4 is 4.72 Å². The van der Waals surface area contributed by atoms with Crippen LogP contribution in [-0.4, -0.2) is 14.3 Å². The average Bonchev–Trinajstić information content (AvgIpc) is 2.24. The summed E-state index contributed by atoms with van der Waals surface area (Å²) in [6, 6.07) is 1.38. The zero-order valence-corrected chi connectivity index (χ0v) is 11.0. The van der Waals surface area contributed by atoms with Gasteiger partial charge in [-0.25, -0.2) is 21.9 Å². The van der Waals surface area contributed by atoms with Gasteiger partial charge in [0.2, 0.25) is 5.91 Å². The number of amides is 1. The number of halogens is 3. The van der Waals surface area contributed by atoms with Crippen molar-refractivity contribution in [1.82, 2.24) is 4.72 Å². The molecule has 0 heterocycles. The van der Waals surface area contributed by atoms with Crippen molar-refractivity contribution < 1.29 is 22.0 Å². The first kappa shape index (κ1) is 14.0. The molecule has 94 valence electrons. The molecule has 17 heavy (non-hydrogen) atoms. The summed E-state index contributed by atoms with van der Waals surface area (Å²) in [4.78, 5) is 10.4. The molecule has 0 bridgehead atoms. The first-order valence-electron chi connectivity index (χ1n) is 4.48. The minimum absolute atomic E-state index is 0.0376. The Hall–Kier alpha value is -1.02. The Kier molecular flexibility index (Phi) is 4.21. The highest BCUT2D eigenvalue weighted by molar-refractivity contribution is 9.10. The van der Waals surface area contributed by atoms with E-state index in [4.69, 9.17) is 0 Å². The summed E-state index contributed by atoms with van der Waals surface area (Å²) in [5.41, 5.74) is 0. The van der Waals surface area contributed by atoms with Gasteiger partial charge in [0, 0.05) is 6.42 Å². The fourth-order valence-corrected chi connectivity index (χ4v) is 2.65.